The van der Waals surface area contributed by atoms with E-state index in [1.54, 1.807) is 18.2 Å². The van der Waals surface area contributed by atoms with Crippen LogP contribution in [-0.4, -0.2) is 6.61 Å². The van der Waals surface area contributed by atoms with Crippen molar-refractivity contribution >= 4 is 11.8 Å². The molecule has 0 heterocycles. The highest BCUT2D eigenvalue weighted by atomic mass is 32.2. The van der Waals surface area contributed by atoms with Crippen LogP contribution in [0.4, 0.5) is 8.78 Å². The molecule has 0 saturated heterocycles. The Bertz CT molecular complexity index is 951. The molecule has 2 nitrogen and oxygen atoms in total. The van der Waals surface area contributed by atoms with Crippen LogP contribution >= 0.6 is 11.8 Å². The Hall–Kier alpha value is -2.76. The fraction of sp³-hybridized carbons (Fsp3) is 0.190. The van der Waals surface area contributed by atoms with Crippen LogP contribution in [-0.2, 0) is 0 Å². The van der Waals surface area contributed by atoms with Crippen LogP contribution in [0.3, 0.4) is 0 Å². The average Bonchev–Trinajstić information content (AvgIpc) is 3.15. The van der Waals surface area contributed by atoms with Gasteiger partial charge in [0.1, 0.15) is 29.4 Å². The Kier molecular flexibility index (Phi) is 5.94. The van der Waals surface area contributed by atoms with Gasteiger partial charge in [-0.3, -0.25) is 0 Å². The van der Waals surface area contributed by atoms with Crippen molar-refractivity contribution in [3.8, 4) is 23.0 Å². The number of benzene rings is 2. The minimum absolute atomic E-state index is 0.216. The van der Waals surface area contributed by atoms with E-state index in [-0.39, 0.29) is 10.5 Å². The molecule has 0 saturated carbocycles. The van der Waals surface area contributed by atoms with Crippen molar-refractivity contribution < 1.29 is 13.5 Å². The maximum atomic E-state index is 14.2. The highest BCUT2D eigenvalue weighted by Gasteiger charge is 2.07. The smallest absolute Gasteiger partial charge is 0.142 e. The predicted molar refractivity (Wildman–Crippen MR) is 97.7 cm³/mol. The van der Waals surface area contributed by atoms with E-state index in [0.717, 1.165) is 31.0 Å². The lowest BCUT2D eigenvalue weighted by atomic mass is 10.1. The molecule has 0 amide bonds. The molecule has 0 spiro atoms. The summed E-state index contributed by atoms with van der Waals surface area (Å²) in [5.41, 5.74) is 1.88. The third-order valence-corrected chi connectivity index (χ3v) is 4.57. The van der Waals surface area contributed by atoms with Crippen molar-refractivity contribution in [2.45, 2.75) is 24.2 Å². The lowest BCUT2D eigenvalue weighted by Gasteiger charge is -2.07. The van der Waals surface area contributed by atoms with Crippen molar-refractivity contribution in [2.75, 3.05) is 6.61 Å². The number of allylic oxidation sites excluding steroid dienone is 1. The van der Waals surface area contributed by atoms with E-state index in [4.69, 9.17) is 10.00 Å². The molecule has 0 fully saturated rings. The van der Waals surface area contributed by atoms with Crippen LogP contribution < -0.4 is 4.74 Å². The molecule has 0 unspecified atom stereocenters. The first kappa shape index (κ1) is 18.0. The molecule has 0 aliphatic heterocycles. The summed E-state index contributed by atoms with van der Waals surface area (Å²) in [5.74, 6) is 4.90. The number of nitrogens with zero attached hydrogens (tertiary/aromatic N) is 1. The molecule has 2 aromatic carbocycles. The molecule has 0 aromatic heterocycles. The third-order valence-electron chi connectivity index (χ3n) is 3.93. The Morgan fingerprint density at radius 1 is 1.08 bits per heavy atom. The maximum absolute atomic E-state index is 14.2. The maximum Gasteiger partial charge on any atom is 0.142 e. The second-order valence-electron chi connectivity index (χ2n) is 5.77. The molecular weight excluding hydrogens is 352 g/mol. The minimum atomic E-state index is -0.520. The van der Waals surface area contributed by atoms with E-state index in [0.29, 0.717) is 17.9 Å². The van der Waals surface area contributed by atoms with Crippen molar-refractivity contribution in [3.63, 3.8) is 0 Å². The summed E-state index contributed by atoms with van der Waals surface area (Å²) in [6.45, 7) is 0.483. The van der Waals surface area contributed by atoms with Crippen LogP contribution in [0.1, 0.15) is 30.4 Å². The zero-order chi connectivity index (χ0) is 18.4. The number of halogens is 2. The molecule has 0 N–H and O–H groups in total. The average molecular weight is 367 g/mol. The monoisotopic (exact) mass is 367 g/mol. The van der Waals surface area contributed by atoms with Gasteiger partial charge in [-0.1, -0.05) is 17.9 Å². The topological polar surface area (TPSA) is 33.0 Å². The number of hydrogen-bond donors (Lipinski definition) is 0. The summed E-state index contributed by atoms with van der Waals surface area (Å²) < 4.78 is 33.6. The van der Waals surface area contributed by atoms with Gasteiger partial charge in [0.2, 0.25) is 0 Å². The highest BCUT2D eigenvalue weighted by molar-refractivity contribution is 8.03. The minimum Gasteiger partial charge on any atom is -0.489 e. The second-order valence-corrected chi connectivity index (χ2v) is 6.60. The van der Waals surface area contributed by atoms with Gasteiger partial charge in [-0.2, -0.15) is 5.26 Å². The van der Waals surface area contributed by atoms with Gasteiger partial charge in [-0.25, -0.2) is 8.78 Å². The molecule has 130 valence electrons. The summed E-state index contributed by atoms with van der Waals surface area (Å²) in [4.78, 5) is 0.239. The van der Waals surface area contributed by atoms with Gasteiger partial charge in [0.15, 0.2) is 0 Å². The number of hydrogen-bond acceptors (Lipinski definition) is 3. The molecule has 0 radical (unpaired) electrons. The number of rotatable bonds is 4. The number of ether oxygens (including phenoxy) is 1. The van der Waals surface area contributed by atoms with E-state index in [9.17, 15) is 8.78 Å². The summed E-state index contributed by atoms with van der Waals surface area (Å²) >= 11 is 0.747. The van der Waals surface area contributed by atoms with Gasteiger partial charge in [-0.15, -0.1) is 0 Å². The van der Waals surface area contributed by atoms with Crippen LogP contribution in [0.2, 0.25) is 0 Å². The van der Waals surface area contributed by atoms with Crippen LogP contribution in [0.5, 0.6) is 5.75 Å². The molecular formula is C21H15F2NOS. The standard InChI is InChI=1S/C21H15F2NOS/c22-19-12-18(25-13-16-3-1-2-4-16)9-8-17(19)7-5-15-6-10-21(26-14-24)20(23)11-15/h3,6,8-12H,1-2,4,13H2. The van der Waals surface area contributed by atoms with Gasteiger partial charge in [-0.05, 0) is 66.9 Å². The first-order chi connectivity index (χ1) is 12.7. The fourth-order valence-corrected chi connectivity index (χ4v) is 2.97. The quantitative estimate of drug-likeness (QED) is 0.313. The lowest BCUT2D eigenvalue weighted by Crippen LogP contribution is -2.00. The largest absolute Gasteiger partial charge is 0.489 e. The zero-order valence-corrected chi connectivity index (χ0v) is 14.7. The zero-order valence-electron chi connectivity index (χ0n) is 13.9. The van der Waals surface area contributed by atoms with Crippen LogP contribution in [0.15, 0.2) is 52.9 Å². The molecule has 3 rings (SSSR count). The number of thiocyanates is 1. The van der Waals surface area contributed by atoms with Gasteiger partial charge >= 0.3 is 0 Å². The molecule has 26 heavy (non-hydrogen) atoms. The third kappa shape index (κ3) is 4.65. The van der Waals surface area contributed by atoms with E-state index in [2.05, 4.69) is 17.9 Å². The molecule has 2 aromatic rings. The Morgan fingerprint density at radius 2 is 1.96 bits per heavy atom. The summed E-state index contributed by atoms with van der Waals surface area (Å²) in [7, 11) is 0. The first-order valence-corrected chi connectivity index (χ1v) is 8.95. The Labute approximate surface area is 155 Å². The first-order valence-electron chi connectivity index (χ1n) is 8.13. The van der Waals surface area contributed by atoms with E-state index >= 15 is 0 Å². The fourth-order valence-electron chi connectivity index (χ4n) is 2.58. The molecule has 1 aliphatic carbocycles. The van der Waals surface area contributed by atoms with E-state index in [1.807, 2.05) is 5.40 Å². The van der Waals surface area contributed by atoms with Gasteiger partial charge < -0.3 is 4.74 Å². The number of thioether (sulfide) groups is 1. The van der Waals surface area contributed by atoms with Crippen LogP contribution in [0.25, 0.3) is 0 Å². The Morgan fingerprint density at radius 3 is 2.65 bits per heavy atom. The van der Waals surface area contributed by atoms with Crippen molar-refractivity contribution in [3.05, 3.63) is 70.8 Å². The normalized spacial score (nSPS) is 12.7. The lowest BCUT2D eigenvalue weighted by molar-refractivity contribution is 0.347. The van der Waals surface area contributed by atoms with Crippen molar-refractivity contribution in [2.24, 2.45) is 0 Å². The summed E-state index contributed by atoms with van der Waals surface area (Å²) in [6, 6.07) is 8.86. The van der Waals surface area contributed by atoms with Gasteiger partial charge in [0, 0.05) is 11.6 Å². The van der Waals surface area contributed by atoms with E-state index < -0.39 is 11.6 Å². The molecule has 5 heteroatoms. The molecule has 1 aliphatic rings. The summed E-state index contributed by atoms with van der Waals surface area (Å²) in [5, 5.41) is 10.4. The SMILES string of the molecule is N#CSc1ccc(C#Cc2ccc(OCC3=CCCC3)cc2F)cc1F. The van der Waals surface area contributed by atoms with Crippen molar-refractivity contribution in [1.82, 2.24) is 0 Å². The predicted octanol–water partition coefficient (Wildman–Crippen LogP) is 5.43. The summed E-state index contributed by atoms with van der Waals surface area (Å²) in [6.07, 6.45) is 5.43. The van der Waals surface area contributed by atoms with E-state index in [1.165, 1.54) is 23.8 Å². The van der Waals surface area contributed by atoms with Crippen LogP contribution in [0, 0.1) is 34.1 Å². The Balaban J connectivity index is 1.69. The highest BCUT2D eigenvalue weighted by Crippen LogP contribution is 2.22. The second kappa shape index (κ2) is 8.56. The molecule has 0 bridgehead atoms. The van der Waals surface area contributed by atoms with Gasteiger partial charge in [0.25, 0.3) is 0 Å². The number of nitriles is 1. The van der Waals surface area contributed by atoms with Gasteiger partial charge in [0.05, 0.1) is 10.5 Å². The molecule has 0 atom stereocenters. The van der Waals surface area contributed by atoms with Crippen molar-refractivity contribution in [1.29, 1.82) is 5.26 Å².